The van der Waals surface area contributed by atoms with Gasteiger partial charge in [-0.25, -0.2) is 4.98 Å². The summed E-state index contributed by atoms with van der Waals surface area (Å²) >= 11 is 8.21. The van der Waals surface area contributed by atoms with Gasteiger partial charge in [-0.1, -0.05) is 19.1 Å². The van der Waals surface area contributed by atoms with E-state index in [9.17, 15) is 4.79 Å². The Hall–Kier alpha value is -1.01. The number of nitrogens with one attached hydrogen (secondary N) is 1. The van der Waals surface area contributed by atoms with Crippen molar-refractivity contribution in [1.82, 2.24) is 10.3 Å². The summed E-state index contributed by atoms with van der Waals surface area (Å²) in [5, 5.41) is 2.80. The maximum absolute atomic E-state index is 11.9. The second kappa shape index (κ2) is 5.55. The lowest BCUT2D eigenvalue weighted by molar-refractivity contribution is 0.0921. The molecule has 0 spiro atoms. The standard InChI is InChI=1S/C11H14BrN3OS/c1-3-11(2,10(13)17)15-9(16)8-5-4-7(12)6-14-8/h4-6H,3H2,1-2H3,(H2,13,17)(H,15,16). The normalized spacial score (nSPS) is 13.8. The number of aromatic nitrogens is 1. The molecule has 1 aromatic heterocycles. The fourth-order valence-electron chi connectivity index (χ4n) is 1.15. The lowest BCUT2D eigenvalue weighted by Gasteiger charge is -2.28. The Morgan fingerprint density at radius 1 is 1.65 bits per heavy atom. The number of halogens is 1. The van der Waals surface area contributed by atoms with Crippen LogP contribution in [0.25, 0.3) is 0 Å². The fraction of sp³-hybridized carbons (Fsp3) is 0.364. The van der Waals surface area contributed by atoms with Crippen LogP contribution in [0.3, 0.4) is 0 Å². The largest absolute Gasteiger partial charge is 0.391 e. The van der Waals surface area contributed by atoms with Crippen molar-refractivity contribution in [3.8, 4) is 0 Å². The molecule has 1 amide bonds. The molecule has 0 aromatic carbocycles. The van der Waals surface area contributed by atoms with Crippen LogP contribution in [0.1, 0.15) is 30.8 Å². The first-order chi connectivity index (χ1) is 7.89. The van der Waals surface area contributed by atoms with E-state index in [-0.39, 0.29) is 10.9 Å². The minimum absolute atomic E-state index is 0.269. The summed E-state index contributed by atoms with van der Waals surface area (Å²) in [6.45, 7) is 3.71. The first-order valence-electron chi connectivity index (χ1n) is 5.13. The van der Waals surface area contributed by atoms with Crippen LogP contribution in [0.5, 0.6) is 0 Å². The quantitative estimate of drug-likeness (QED) is 0.834. The molecule has 92 valence electrons. The molecule has 0 saturated carbocycles. The number of hydrogen-bond donors (Lipinski definition) is 2. The third kappa shape index (κ3) is 3.47. The highest BCUT2D eigenvalue weighted by atomic mass is 79.9. The van der Waals surface area contributed by atoms with Crippen LogP contribution in [0.4, 0.5) is 0 Å². The summed E-state index contributed by atoms with van der Waals surface area (Å²) in [5.74, 6) is -0.283. The lowest BCUT2D eigenvalue weighted by Crippen LogP contribution is -2.54. The number of nitrogens with zero attached hydrogens (tertiary/aromatic N) is 1. The van der Waals surface area contributed by atoms with Gasteiger partial charge in [-0.15, -0.1) is 0 Å². The maximum atomic E-state index is 11.9. The zero-order valence-corrected chi connectivity index (χ0v) is 12.1. The fourth-order valence-corrected chi connectivity index (χ4v) is 1.58. The van der Waals surface area contributed by atoms with Crippen LogP contribution < -0.4 is 11.1 Å². The van der Waals surface area contributed by atoms with E-state index >= 15 is 0 Å². The third-order valence-corrected chi connectivity index (χ3v) is 3.52. The smallest absolute Gasteiger partial charge is 0.270 e. The molecule has 17 heavy (non-hydrogen) atoms. The molecule has 0 bridgehead atoms. The molecule has 0 aliphatic heterocycles. The summed E-state index contributed by atoms with van der Waals surface area (Å²) in [4.78, 5) is 16.2. The van der Waals surface area contributed by atoms with Gasteiger partial charge in [-0.2, -0.15) is 0 Å². The van der Waals surface area contributed by atoms with Crippen LogP contribution in [0, 0.1) is 0 Å². The van der Waals surface area contributed by atoms with Crippen molar-refractivity contribution in [2.45, 2.75) is 25.8 Å². The topological polar surface area (TPSA) is 68.0 Å². The zero-order chi connectivity index (χ0) is 13.1. The summed E-state index contributed by atoms with van der Waals surface area (Å²) in [5.41, 5.74) is 5.28. The number of carbonyl (C=O) groups is 1. The van der Waals surface area contributed by atoms with Gasteiger partial charge in [0.15, 0.2) is 0 Å². The lowest BCUT2D eigenvalue weighted by atomic mass is 9.99. The molecule has 1 heterocycles. The molecule has 1 aromatic rings. The highest BCUT2D eigenvalue weighted by molar-refractivity contribution is 9.10. The Labute approximate surface area is 114 Å². The average Bonchev–Trinajstić information content (AvgIpc) is 2.29. The van der Waals surface area contributed by atoms with Gasteiger partial charge < -0.3 is 11.1 Å². The van der Waals surface area contributed by atoms with Gasteiger partial charge in [0, 0.05) is 10.7 Å². The highest BCUT2D eigenvalue weighted by Gasteiger charge is 2.28. The van der Waals surface area contributed by atoms with Gasteiger partial charge in [0.2, 0.25) is 0 Å². The van der Waals surface area contributed by atoms with Crippen molar-refractivity contribution in [2.75, 3.05) is 0 Å². The molecule has 1 atom stereocenters. The SMILES string of the molecule is CCC(C)(NC(=O)c1ccc(Br)cn1)C(N)=S. The van der Waals surface area contributed by atoms with Gasteiger partial charge in [-0.05, 0) is 41.4 Å². The molecule has 1 rings (SSSR count). The van der Waals surface area contributed by atoms with E-state index < -0.39 is 5.54 Å². The minimum atomic E-state index is -0.679. The van der Waals surface area contributed by atoms with Crippen molar-refractivity contribution in [3.63, 3.8) is 0 Å². The van der Waals surface area contributed by atoms with E-state index in [0.717, 1.165) is 4.47 Å². The molecule has 0 fully saturated rings. The van der Waals surface area contributed by atoms with E-state index in [1.165, 1.54) is 0 Å². The Balaban J connectivity index is 2.85. The number of nitrogens with two attached hydrogens (primary N) is 1. The van der Waals surface area contributed by atoms with Crippen LogP contribution in [0.15, 0.2) is 22.8 Å². The molecule has 0 saturated heterocycles. The first-order valence-corrected chi connectivity index (χ1v) is 6.33. The minimum Gasteiger partial charge on any atom is -0.391 e. The number of amides is 1. The van der Waals surface area contributed by atoms with Gasteiger partial charge in [0.25, 0.3) is 5.91 Å². The summed E-state index contributed by atoms with van der Waals surface area (Å²) in [6, 6.07) is 3.39. The van der Waals surface area contributed by atoms with E-state index in [4.69, 9.17) is 18.0 Å². The Morgan fingerprint density at radius 3 is 2.71 bits per heavy atom. The number of pyridine rings is 1. The molecule has 1 unspecified atom stereocenters. The van der Waals surface area contributed by atoms with Crippen molar-refractivity contribution in [2.24, 2.45) is 5.73 Å². The zero-order valence-electron chi connectivity index (χ0n) is 9.66. The highest BCUT2D eigenvalue weighted by Crippen LogP contribution is 2.12. The Bertz CT molecular complexity index is 435. The first kappa shape index (κ1) is 14.1. The number of thiocarbonyl (C=S) groups is 1. The molecular weight excluding hydrogens is 302 g/mol. The van der Waals surface area contributed by atoms with Crippen LogP contribution in [-0.2, 0) is 0 Å². The van der Waals surface area contributed by atoms with Crippen molar-refractivity contribution < 1.29 is 4.79 Å². The predicted molar refractivity (Wildman–Crippen MR) is 74.9 cm³/mol. The Kier molecular flexibility index (Phi) is 4.59. The van der Waals surface area contributed by atoms with Crippen LogP contribution in [-0.4, -0.2) is 21.4 Å². The maximum Gasteiger partial charge on any atom is 0.270 e. The third-order valence-electron chi connectivity index (χ3n) is 2.60. The molecule has 3 N–H and O–H groups in total. The van der Waals surface area contributed by atoms with Gasteiger partial charge >= 0.3 is 0 Å². The van der Waals surface area contributed by atoms with Gasteiger partial charge in [-0.3, -0.25) is 4.79 Å². The monoisotopic (exact) mass is 315 g/mol. The molecule has 0 radical (unpaired) electrons. The predicted octanol–water partition coefficient (Wildman–Crippen LogP) is 2.03. The molecule has 0 aliphatic rings. The van der Waals surface area contributed by atoms with Gasteiger partial charge in [0.1, 0.15) is 5.69 Å². The second-order valence-electron chi connectivity index (χ2n) is 3.87. The number of rotatable bonds is 4. The molecule has 6 heteroatoms. The van der Waals surface area contributed by atoms with E-state index in [2.05, 4.69) is 26.2 Å². The number of hydrogen-bond acceptors (Lipinski definition) is 3. The summed E-state index contributed by atoms with van der Waals surface area (Å²) < 4.78 is 0.821. The summed E-state index contributed by atoms with van der Waals surface area (Å²) in [7, 11) is 0. The average molecular weight is 316 g/mol. The van der Waals surface area contributed by atoms with Crippen molar-refractivity contribution in [1.29, 1.82) is 0 Å². The molecule has 0 aliphatic carbocycles. The molecule has 4 nitrogen and oxygen atoms in total. The summed E-state index contributed by atoms with van der Waals surface area (Å²) in [6.07, 6.45) is 2.20. The van der Waals surface area contributed by atoms with E-state index in [0.29, 0.717) is 12.1 Å². The van der Waals surface area contributed by atoms with Crippen molar-refractivity contribution in [3.05, 3.63) is 28.5 Å². The van der Waals surface area contributed by atoms with Crippen LogP contribution >= 0.6 is 28.1 Å². The van der Waals surface area contributed by atoms with E-state index in [1.807, 2.05) is 6.92 Å². The second-order valence-corrected chi connectivity index (χ2v) is 5.22. The van der Waals surface area contributed by atoms with E-state index in [1.54, 1.807) is 25.3 Å². The number of carbonyl (C=O) groups excluding carboxylic acids is 1. The van der Waals surface area contributed by atoms with Crippen molar-refractivity contribution >= 4 is 39.0 Å². The molecular formula is C11H14BrN3OS. The van der Waals surface area contributed by atoms with Crippen LogP contribution in [0.2, 0.25) is 0 Å². The van der Waals surface area contributed by atoms with Gasteiger partial charge in [0.05, 0.1) is 10.5 Å². The Morgan fingerprint density at radius 2 is 2.29 bits per heavy atom.